The van der Waals surface area contributed by atoms with Crippen LogP contribution in [-0.4, -0.2) is 14.1 Å². The molecule has 0 bridgehead atoms. The van der Waals surface area contributed by atoms with Gasteiger partial charge in [-0.25, -0.2) is 4.98 Å². The number of hydrogen-bond acceptors (Lipinski definition) is 1. The third kappa shape index (κ3) is 2.35. The molecule has 8 rings (SSSR count). The molecule has 7 aromatic rings. The van der Waals surface area contributed by atoms with Crippen LogP contribution in [0.25, 0.3) is 60.4 Å². The highest BCUT2D eigenvalue weighted by molar-refractivity contribution is 6.22. The first-order chi connectivity index (χ1) is 17.5. The molecular weight excluding hydrogens is 438 g/mol. The summed E-state index contributed by atoms with van der Waals surface area (Å²) in [6.45, 7) is 4.70. The number of fused-ring (bicyclic) bond motifs is 9. The summed E-state index contributed by atoms with van der Waals surface area (Å²) in [6.07, 6.45) is 1.90. The normalized spacial score (nSPS) is 14.2. The van der Waals surface area contributed by atoms with Crippen LogP contribution in [0.5, 0.6) is 0 Å². The number of aromatic nitrogens is 3. The highest BCUT2D eigenvalue weighted by atomic mass is 15.1. The van der Waals surface area contributed by atoms with Crippen LogP contribution in [-0.2, 0) is 12.5 Å². The second kappa shape index (κ2) is 6.64. The number of aryl methyl sites for hydroxylation is 1. The van der Waals surface area contributed by atoms with Gasteiger partial charge in [0.1, 0.15) is 0 Å². The van der Waals surface area contributed by atoms with Crippen LogP contribution in [0.2, 0.25) is 0 Å². The van der Waals surface area contributed by atoms with Gasteiger partial charge in [0.2, 0.25) is 0 Å². The lowest BCUT2D eigenvalue weighted by Gasteiger charge is -2.21. The fourth-order valence-electron chi connectivity index (χ4n) is 6.62. The van der Waals surface area contributed by atoms with Gasteiger partial charge >= 0.3 is 0 Å². The highest BCUT2D eigenvalue weighted by Gasteiger charge is 2.35. The predicted molar refractivity (Wildman–Crippen MR) is 150 cm³/mol. The Morgan fingerprint density at radius 2 is 1.53 bits per heavy atom. The number of rotatable bonds is 1. The minimum Gasteiger partial charge on any atom is -0.332 e. The van der Waals surface area contributed by atoms with Crippen molar-refractivity contribution in [2.45, 2.75) is 19.3 Å². The van der Waals surface area contributed by atoms with E-state index >= 15 is 0 Å². The van der Waals surface area contributed by atoms with Crippen molar-refractivity contribution in [3.8, 4) is 16.8 Å². The van der Waals surface area contributed by atoms with Crippen LogP contribution in [0.4, 0.5) is 0 Å². The van der Waals surface area contributed by atoms with Crippen LogP contribution >= 0.6 is 0 Å². The zero-order valence-electron chi connectivity index (χ0n) is 20.6. The van der Waals surface area contributed by atoms with Crippen LogP contribution in [0.1, 0.15) is 25.0 Å². The van der Waals surface area contributed by atoms with E-state index in [0.29, 0.717) is 0 Å². The number of para-hydroxylation sites is 2. The Labute approximate surface area is 209 Å². The van der Waals surface area contributed by atoms with E-state index in [0.717, 1.165) is 16.7 Å². The van der Waals surface area contributed by atoms with Gasteiger partial charge in [0.25, 0.3) is 0 Å². The van der Waals surface area contributed by atoms with E-state index in [9.17, 15) is 0 Å². The van der Waals surface area contributed by atoms with E-state index in [2.05, 4.69) is 126 Å². The van der Waals surface area contributed by atoms with Crippen molar-refractivity contribution >= 4 is 43.6 Å². The molecule has 0 radical (unpaired) electrons. The summed E-state index contributed by atoms with van der Waals surface area (Å²) in [5.41, 5.74) is 11.3. The van der Waals surface area contributed by atoms with Crippen LogP contribution in [0.3, 0.4) is 0 Å². The highest BCUT2D eigenvalue weighted by Crippen LogP contribution is 2.51. The van der Waals surface area contributed by atoms with Gasteiger partial charge in [0.15, 0.2) is 0 Å². The molecule has 0 unspecified atom stereocenters. The third-order valence-corrected chi connectivity index (χ3v) is 8.31. The lowest BCUT2D eigenvalue weighted by Crippen LogP contribution is -2.14. The zero-order valence-corrected chi connectivity index (χ0v) is 20.6. The summed E-state index contributed by atoms with van der Waals surface area (Å²) >= 11 is 0. The van der Waals surface area contributed by atoms with Gasteiger partial charge in [-0.2, -0.15) is 0 Å². The Bertz CT molecular complexity index is 2030. The molecule has 2 heterocycles. The fraction of sp³-hybridized carbons (Fsp3) is 0.121. The summed E-state index contributed by atoms with van der Waals surface area (Å²) in [7, 11) is 2.07. The van der Waals surface area contributed by atoms with Crippen LogP contribution < -0.4 is 0 Å². The van der Waals surface area contributed by atoms with Gasteiger partial charge in [-0.1, -0.05) is 68.4 Å². The number of imidazole rings is 1. The first kappa shape index (κ1) is 19.9. The van der Waals surface area contributed by atoms with E-state index < -0.39 is 0 Å². The standard InChI is InChI=1S/C33H25N3/c1-33(2)25-11-6-4-9-21(25)24-18-23-20(17-26(24)33)15-16-29-31(23)22-10-5-7-13-28(22)36(29)30-14-8-12-27-32(30)35(3)19-34-27/h4-19H,1-3H3. The number of nitrogens with zero attached hydrogens (tertiary/aromatic N) is 3. The molecule has 0 N–H and O–H groups in total. The average molecular weight is 464 g/mol. The van der Waals surface area contributed by atoms with E-state index in [4.69, 9.17) is 0 Å². The molecule has 172 valence electrons. The Hall–Kier alpha value is -4.37. The van der Waals surface area contributed by atoms with E-state index in [1.807, 2.05) is 6.33 Å². The molecule has 0 spiro atoms. The predicted octanol–water partition coefficient (Wildman–Crippen LogP) is 8.13. The molecule has 0 aliphatic heterocycles. The Morgan fingerprint density at radius 3 is 2.44 bits per heavy atom. The lowest BCUT2D eigenvalue weighted by atomic mass is 9.82. The zero-order chi connectivity index (χ0) is 24.2. The summed E-state index contributed by atoms with van der Waals surface area (Å²) < 4.78 is 4.54. The molecular formula is C33H25N3. The first-order valence-electron chi connectivity index (χ1n) is 12.5. The molecule has 3 nitrogen and oxygen atoms in total. The Kier molecular flexibility index (Phi) is 3.67. The molecule has 1 aliphatic carbocycles. The molecule has 3 heteroatoms. The van der Waals surface area contributed by atoms with E-state index in [1.54, 1.807) is 0 Å². The number of benzene rings is 5. The molecule has 0 saturated heterocycles. The topological polar surface area (TPSA) is 22.8 Å². The van der Waals surface area contributed by atoms with Gasteiger partial charge in [-0.05, 0) is 69.4 Å². The maximum atomic E-state index is 4.62. The van der Waals surface area contributed by atoms with Crippen molar-refractivity contribution in [3.63, 3.8) is 0 Å². The summed E-state index contributed by atoms with van der Waals surface area (Å²) in [5.74, 6) is 0. The van der Waals surface area contributed by atoms with Crippen molar-refractivity contribution < 1.29 is 0 Å². The van der Waals surface area contributed by atoms with Gasteiger partial charge < -0.3 is 9.13 Å². The Morgan fingerprint density at radius 1 is 0.694 bits per heavy atom. The third-order valence-electron chi connectivity index (χ3n) is 8.31. The molecule has 2 aromatic heterocycles. The van der Waals surface area contributed by atoms with Gasteiger partial charge in [0, 0.05) is 23.2 Å². The van der Waals surface area contributed by atoms with Crippen molar-refractivity contribution in [1.29, 1.82) is 0 Å². The van der Waals surface area contributed by atoms with Crippen molar-refractivity contribution in [2.24, 2.45) is 7.05 Å². The fourth-order valence-corrected chi connectivity index (χ4v) is 6.62. The minimum atomic E-state index is -0.00174. The SMILES string of the molecule is Cn1cnc2cccc(-n3c4ccccc4c4c5cc6c(cc5ccc43)C(C)(C)c3ccccc3-6)c21. The summed E-state index contributed by atoms with van der Waals surface area (Å²) in [5, 5.41) is 5.20. The molecule has 0 amide bonds. The van der Waals surface area contributed by atoms with E-state index in [1.165, 1.54) is 54.8 Å². The van der Waals surface area contributed by atoms with Crippen LogP contribution in [0, 0.1) is 0 Å². The van der Waals surface area contributed by atoms with Gasteiger partial charge in [0.05, 0.1) is 34.1 Å². The number of hydrogen-bond donors (Lipinski definition) is 0. The maximum absolute atomic E-state index is 4.62. The quantitative estimate of drug-likeness (QED) is 0.241. The lowest BCUT2D eigenvalue weighted by molar-refractivity contribution is 0.661. The second-order valence-corrected chi connectivity index (χ2v) is 10.6. The molecule has 5 aromatic carbocycles. The van der Waals surface area contributed by atoms with E-state index in [-0.39, 0.29) is 5.41 Å². The summed E-state index contributed by atoms with van der Waals surface area (Å²) in [4.78, 5) is 4.62. The molecule has 36 heavy (non-hydrogen) atoms. The average Bonchev–Trinajstić information content (AvgIpc) is 3.52. The smallest absolute Gasteiger partial charge is 0.0956 e. The van der Waals surface area contributed by atoms with Crippen molar-refractivity contribution in [3.05, 3.63) is 108 Å². The molecule has 1 aliphatic rings. The van der Waals surface area contributed by atoms with Crippen molar-refractivity contribution in [1.82, 2.24) is 14.1 Å². The van der Waals surface area contributed by atoms with Gasteiger partial charge in [-0.3, -0.25) is 0 Å². The monoisotopic (exact) mass is 463 g/mol. The molecule has 0 fully saturated rings. The largest absolute Gasteiger partial charge is 0.332 e. The molecule has 0 atom stereocenters. The molecule has 0 saturated carbocycles. The minimum absolute atomic E-state index is 0.00174. The maximum Gasteiger partial charge on any atom is 0.0956 e. The Balaban J connectivity index is 1.55. The van der Waals surface area contributed by atoms with Crippen LogP contribution in [0.15, 0.2) is 97.3 Å². The van der Waals surface area contributed by atoms with Gasteiger partial charge in [-0.15, -0.1) is 0 Å². The second-order valence-electron chi connectivity index (χ2n) is 10.6. The van der Waals surface area contributed by atoms with Crippen molar-refractivity contribution in [2.75, 3.05) is 0 Å². The first-order valence-corrected chi connectivity index (χ1v) is 12.5. The summed E-state index contributed by atoms with van der Waals surface area (Å²) in [6, 6.07) is 33.6.